The third-order valence-corrected chi connectivity index (χ3v) is 4.46. The molecule has 0 radical (unpaired) electrons. The lowest BCUT2D eigenvalue weighted by Crippen LogP contribution is -2.33. The first kappa shape index (κ1) is 18.6. The molecule has 6 heteroatoms. The Labute approximate surface area is 157 Å². The predicted octanol–water partition coefficient (Wildman–Crippen LogP) is 3.61. The monoisotopic (exact) mass is 373 g/mol. The van der Waals surface area contributed by atoms with E-state index in [1.165, 1.54) is 12.1 Å². The zero-order valence-electron chi connectivity index (χ0n) is 14.2. The van der Waals surface area contributed by atoms with Gasteiger partial charge in [0, 0.05) is 30.5 Å². The molecule has 0 saturated heterocycles. The fourth-order valence-electron chi connectivity index (χ4n) is 2.83. The molecule has 3 aromatic rings. The molecule has 0 fully saturated rings. The zero-order valence-corrected chi connectivity index (χ0v) is 15.0. The zero-order chi connectivity index (χ0) is 18.4. The van der Waals surface area contributed by atoms with Gasteiger partial charge < -0.3 is 15.0 Å². The SMILES string of the molecule is OC(CNC(Cn1ccnc1)c1ccc(F)cc1)Cc1ccc(Cl)cc1. The normalized spacial score (nSPS) is 13.5. The van der Waals surface area contributed by atoms with E-state index in [1.54, 1.807) is 24.7 Å². The van der Waals surface area contributed by atoms with Crippen LogP contribution in [0.15, 0.2) is 67.3 Å². The van der Waals surface area contributed by atoms with Crippen molar-refractivity contribution in [1.29, 1.82) is 0 Å². The minimum Gasteiger partial charge on any atom is -0.391 e. The molecule has 2 aromatic carbocycles. The minimum absolute atomic E-state index is 0.0651. The van der Waals surface area contributed by atoms with Crippen LogP contribution in [-0.4, -0.2) is 27.3 Å². The molecule has 3 rings (SSSR count). The number of rotatable bonds is 8. The lowest BCUT2D eigenvalue weighted by atomic mass is 10.0. The third-order valence-electron chi connectivity index (χ3n) is 4.21. The third kappa shape index (κ3) is 5.39. The van der Waals surface area contributed by atoms with Crippen LogP contribution < -0.4 is 5.32 Å². The van der Waals surface area contributed by atoms with Crippen molar-refractivity contribution in [2.75, 3.05) is 6.54 Å². The maximum absolute atomic E-state index is 13.2. The Bertz CT molecular complexity index is 791. The second kappa shape index (κ2) is 8.94. The molecule has 0 aliphatic carbocycles. The van der Waals surface area contributed by atoms with E-state index in [-0.39, 0.29) is 11.9 Å². The molecule has 4 nitrogen and oxygen atoms in total. The van der Waals surface area contributed by atoms with Crippen molar-refractivity contribution in [2.45, 2.75) is 25.1 Å². The van der Waals surface area contributed by atoms with Gasteiger partial charge in [0.05, 0.1) is 18.5 Å². The van der Waals surface area contributed by atoms with Crippen LogP contribution in [0, 0.1) is 5.82 Å². The molecule has 26 heavy (non-hydrogen) atoms. The van der Waals surface area contributed by atoms with Gasteiger partial charge in [0.25, 0.3) is 0 Å². The maximum Gasteiger partial charge on any atom is 0.123 e. The second-order valence-corrected chi connectivity index (χ2v) is 6.69. The number of aliphatic hydroxyl groups is 1. The Kier molecular flexibility index (Phi) is 6.39. The van der Waals surface area contributed by atoms with Crippen LogP contribution in [0.25, 0.3) is 0 Å². The molecular formula is C20H21ClFN3O. The number of hydrogen-bond acceptors (Lipinski definition) is 3. The highest BCUT2D eigenvalue weighted by molar-refractivity contribution is 6.30. The maximum atomic E-state index is 13.2. The molecular weight excluding hydrogens is 353 g/mol. The summed E-state index contributed by atoms with van der Waals surface area (Å²) in [6.45, 7) is 1.05. The van der Waals surface area contributed by atoms with E-state index in [9.17, 15) is 9.50 Å². The van der Waals surface area contributed by atoms with Crippen LogP contribution in [0.4, 0.5) is 4.39 Å². The summed E-state index contributed by atoms with van der Waals surface area (Å²) in [4.78, 5) is 4.06. The summed E-state index contributed by atoms with van der Waals surface area (Å²) in [5.41, 5.74) is 1.98. The quantitative estimate of drug-likeness (QED) is 0.634. The van der Waals surface area contributed by atoms with Crippen molar-refractivity contribution in [3.05, 3.63) is 89.2 Å². The van der Waals surface area contributed by atoms with Gasteiger partial charge in [-0.05, 0) is 41.8 Å². The first-order valence-corrected chi connectivity index (χ1v) is 8.85. The van der Waals surface area contributed by atoms with Crippen molar-refractivity contribution in [3.8, 4) is 0 Å². The molecule has 0 aliphatic heterocycles. The Hall–Kier alpha value is -2.21. The molecule has 1 aromatic heterocycles. The van der Waals surface area contributed by atoms with Crippen LogP contribution in [0.3, 0.4) is 0 Å². The van der Waals surface area contributed by atoms with E-state index in [1.807, 2.05) is 35.0 Å². The van der Waals surface area contributed by atoms with E-state index in [0.717, 1.165) is 11.1 Å². The molecule has 1 heterocycles. The van der Waals surface area contributed by atoms with Crippen LogP contribution in [-0.2, 0) is 13.0 Å². The summed E-state index contributed by atoms with van der Waals surface area (Å²) in [5.74, 6) is -0.266. The van der Waals surface area contributed by atoms with Gasteiger partial charge in [-0.15, -0.1) is 0 Å². The molecule has 0 amide bonds. The molecule has 2 N–H and O–H groups in total. The number of imidazole rings is 1. The highest BCUT2D eigenvalue weighted by Gasteiger charge is 2.14. The van der Waals surface area contributed by atoms with Crippen molar-refractivity contribution in [1.82, 2.24) is 14.9 Å². The lowest BCUT2D eigenvalue weighted by molar-refractivity contribution is 0.165. The summed E-state index contributed by atoms with van der Waals surface area (Å²) in [6.07, 6.45) is 5.33. The van der Waals surface area contributed by atoms with Crippen LogP contribution in [0.1, 0.15) is 17.2 Å². The predicted molar refractivity (Wildman–Crippen MR) is 101 cm³/mol. The van der Waals surface area contributed by atoms with E-state index in [4.69, 9.17) is 11.6 Å². The average Bonchev–Trinajstić information content (AvgIpc) is 3.14. The number of halogens is 2. The second-order valence-electron chi connectivity index (χ2n) is 6.26. The van der Waals surface area contributed by atoms with Gasteiger partial charge >= 0.3 is 0 Å². The van der Waals surface area contributed by atoms with Crippen molar-refractivity contribution >= 4 is 11.6 Å². The summed E-state index contributed by atoms with van der Waals surface area (Å²) in [6, 6.07) is 13.8. The van der Waals surface area contributed by atoms with Gasteiger partial charge in [-0.25, -0.2) is 9.37 Å². The van der Waals surface area contributed by atoms with Gasteiger partial charge in [-0.1, -0.05) is 35.9 Å². The first-order valence-electron chi connectivity index (χ1n) is 8.47. The summed E-state index contributed by atoms with van der Waals surface area (Å²) in [5, 5.41) is 14.4. The molecule has 136 valence electrons. The number of nitrogens with zero attached hydrogens (tertiary/aromatic N) is 2. The van der Waals surface area contributed by atoms with Crippen molar-refractivity contribution in [2.24, 2.45) is 0 Å². The van der Waals surface area contributed by atoms with Gasteiger partial charge in [0.1, 0.15) is 5.82 Å². The number of aliphatic hydroxyl groups excluding tert-OH is 1. The largest absolute Gasteiger partial charge is 0.391 e. The molecule has 0 spiro atoms. The van der Waals surface area contributed by atoms with Gasteiger partial charge in [-0.3, -0.25) is 0 Å². The number of hydrogen-bond donors (Lipinski definition) is 2. The van der Waals surface area contributed by atoms with Gasteiger partial charge in [-0.2, -0.15) is 0 Å². The first-order chi connectivity index (χ1) is 12.6. The average molecular weight is 374 g/mol. The Morgan fingerprint density at radius 1 is 1.12 bits per heavy atom. The lowest BCUT2D eigenvalue weighted by Gasteiger charge is -2.22. The van der Waals surface area contributed by atoms with Crippen LogP contribution in [0.5, 0.6) is 0 Å². The highest BCUT2D eigenvalue weighted by atomic mass is 35.5. The topological polar surface area (TPSA) is 50.1 Å². The Morgan fingerprint density at radius 2 is 1.85 bits per heavy atom. The Balaban J connectivity index is 1.63. The molecule has 0 aliphatic rings. The fraction of sp³-hybridized carbons (Fsp3) is 0.250. The van der Waals surface area contributed by atoms with Crippen molar-refractivity contribution in [3.63, 3.8) is 0 Å². The minimum atomic E-state index is -0.540. The molecule has 2 unspecified atom stereocenters. The standard InChI is InChI=1S/C20H21ClFN3O/c21-17-5-1-15(2-6-17)11-19(26)12-24-20(13-25-10-9-23-14-25)16-3-7-18(22)8-4-16/h1-10,14,19-20,24,26H,11-13H2. The fourth-order valence-corrected chi connectivity index (χ4v) is 2.96. The van der Waals surface area contributed by atoms with Gasteiger partial charge in [0.2, 0.25) is 0 Å². The smallest absolute Gasteiger partial charge is 0.123 e. The Morgan fingerprint density at radius 3 is 2.50 bits per heavy atom. The van der Waals surface area contributed by atoms with Crippen LogP contribution >= 0.6 is 11.6 Å². The van der Waals surface area contributed by atoms with Crippen molar-refractivity contribution < 1.29 is 9.50 Å². The molecule has 0 saturated carbocycles. The van der Waals surface area contributed by atoms with E-state index < -0.39 is 6.10 Å². The van der Waals surface area contributed by atoms with Gasteiger partial charge in [0.15, 0.2) is 0 Å². The van der Waals surface area contributed by atoms with Crippen LogP contribution in [0.2, 0.25) is 5.02 Å². The number of aromatic nitrogens is 2. The number of benzene rings is 2. The van der Waals surface area contributed by atoms with E-state index in [0.29, 0.717) is 24.5 Å². The summed E-state index contributed by atoms with van der Waals surface area (Å²) in [7, 11) is 0. The molecule has 2 atom stereocenters. The summed E-state index contributed by atoms with van der Waals surface area (Å²) < 4.78 is 15.2. The molecule has 0 bridgehead atoms. The summed E-state index contributed by atoms with van der Waals surface area (Å²) >= 11 is 5.89. The highest BCUT2D eigenvalue weighted by Crippen LogP contribution is 2.17. The number of nitrogens with one attached hydrogen (secondary N) is 1. The van der Waals surface area contributed by atoms with E-state index in [2.05, 4.69) is 10.3 Å². The van der Waals surface area contributed by atoms with E-state index >= 15 is 0 Å².